The minimum absolute atomic E-state index is 0.185. The third kappa shape index (κ3) is 1.96. The second-order valence-electron chi connectivity index (χ2n) is 2.36. The van der Waals surface area contributed by atoms with Crippen LogP contribution in [0.2, 0.25) is 5.15 Å². The molecule has 1 heterocycles. The lowest BCUT2D eigenvalue weighted by atomic mass is 10.1. The van der Waals surface area contributed by atoms with Crippen molar-refractivity contribution in [2.24, 2.45) is 5.73 Å². The Morgan fingerprint density at radius 1 is 1.92 bits per heavy atom. The van der Waals surface area contributed by atoms with Crippen molar-refractivity contribution >= 4 is 17.6 Å². The predicted octanol–water partition coefficient (Wildman–Crippen LogP) is 0.0175. The Kier molecular flexibility index (Phi) is 2.67. The number of carboxylic acids is 1. The highest BCUT2D eigenvalue weighted by Crippen LogP contribution is 2.12. The van der Waals surface area contributed by atoms with Crippen molar-refractivity contribution in [1.29, 1.82) is 0 Å². The van der Waals surface area contributed by atoms with Crippen LogP contribution in [0.3, 0.4) is 0 Å². The first-order valence-electron chi connectivity index (χ1n) is 3.27. The maximum atomic E-state index is 10.3. The molecule has 12 heavy (non-hydrogen) atoms. The fourth-order valence-corrected chi connectivity index (χ4v) is 0.937. The smallest absolute Gasteiger partial charge is 0.320 e. The highest BCUT2D eigenvalue weighted by Gasteiger charge is 2.14. The molecule has 0 saturated carbocycles. The third-order valence-electron chi connectivity index (χ3n) is 1.42. The average Bonchev–Trinajstić information content (AvgIpc) is 2.36. The Balaban J connectivity index is 2.64. The second kappa shape index (κ2) is 3.55. The van der Waals surface area contributed by atoms with E-state index in [1.165, 1.54) is 6.20 Å². The average molecular weight is 190 g/mol. The SMILES string of the molecule is NC(Cc1cn[nH]c1Cl)C(=O)O. The van der Waals surface area contributed by atoms with Gasteiger partial charge in [-0.1, -0.05) is 11.6 Å². The summed E-state index contributed by atoms with van der Waals surface area (Å²) in [4.78, 5) is 10.3. The molecule has 1 unspecified atom stereocenters. The number of carbonyl (C=O) groups is 1. The first kappa shape index (κ1) is 9.02. The number of nitrogens with zero attached hydrogens (tertiary/aromatic N) is 1. The van der Waals surface area contributed by atoms with Gasteiger partial charge >= 0.3 is 5.97 Å². The van der Waals surface area contributed by atoms with E-state index < -0.39 is 12.0 Å². The van der Waals surface area contributed by atoms with Crippen molar-refractivity contribution in [2.75, 3.05) is 0 Å². The Labute approximate surface area is 73.5 Å². The maximum Gasteiger partial charge on any atom is 0.320 e. The summed E-state index contributed by atoms with van der Waals surface area (Å²) >= 11 is 5.62. The molecule has 5 nitrogen and oxygen atoms in total. The quantitative estimate of drug-likeness (QED) is 0.625. The van der Waals surface area contributed by atoms with Crippen LogP contribution in [0.15, 0.2) is 6.20 Å². The van der Waals surface area contributed by atoms with Gasteiger partial charge in [0.25, 0.3) is 0 Å². The topological polar surface area (TPSA) is 92.0 Å². The summed E-state index contributed by atoms with van der Waals surface area (Å²) in [6.07, 6.45) is 1.65. The van der Waals surface area contributed by atoms with Crippen LogP contribution in [0, 0.1) is 0 Å². The molecule has 0 aromatic carbocycles. The van der Waals surface area contributed by atoms with Crippen molar-refractivity contribution in [2.45, 2.75) is 12.5 Å². The molecular weight excluding hydrogens is 182 g/mol. The number of rotatable bonds is 3. The fourth-order valence-electron chi connectivity index (χ4n) is 0.762. The Bertz CT molecular complexity index is 286. The highest BCUT2D eigenvalue weighted by atomic mass is 35.5. The molecule has 0 aliphatic rings. The Morgan fingerprint density at radius 2 is 2.58 bits per heavy atom. The lowest BCUT2D eigenvalue weighted by Crippen LogP contribution is -2.32. The summed E-state index contributed by atoms with van der Waals surface area (Å²) in [5, 5.41) is 14.9. The zero-order valence-electron chi connectivity index (χ0n) is 6.12. The first-order valence-corrected chi connectivity index (χ1v) is 3.65. The van der Waals surface area contributed by atoms with E-state index >= 15 is 0 Å². The van der Waals surface area contributed by atoms with Gasteiger partial charge in [-0.25, -0.2) is 0 Å². The number of aromatic nitrogens is 2. The van der Waals surface area contributed by atoms with Crippen molar-refractivity contribution in [3.05, 3.63) is 16.9 Å². The number of nitrogens with one attached hydrogen (secondary N) is 1. The monoisotopic (exact) mass is 189 g/mol. The summed E-state index contributed by atoms with van der Waals surface area (Å²) in [6, 6.07) is -0.930. The van der Waals surface area contributed by atoms with Gasteiger partial charge in [0.1, 0.15) is 11.2 Å². The van der Waals surface area contributed by atoms with Crippen LogP contribution in [0.1, 0.15) is 5.56 Å². The number of H-pyrrole nitrogens is 1. The van der Waals surface area contributed by atoms with E-state index in [1.807, 2.05) is 0 Å². The Hall–Kier alpha value is -1.07. The van der Waals surface area contributed by atoms with Crippen LogP contribution in [-0.2, 0) is 11.2 Å². The molecule has 0 amide bonds. The second-order valence-corrected chi connectivity index (χ2v) is 2.74. The minimum Gasteiger partial charge on any atom is -0.480 e. The molecule has 1 aromatic rings. The summed E-state index contributed by atoms with van der Waals surface area (Å²) < 4.78 is 0. The lowest BCUT2D eigenvalue weighted by molar-refractivity contribution is -0.138. The number of aliphatic carboxylic acids is 1. The van der Waals surface area contributed by atoms with Crippen LogP contribution < -0.4 is 5.73 Å². The van der Waals surface area contributed by atoms with Gasteiger partial charge in [-0.05, 0) is 0 Å². The zero-order chi connectivity index (χ0) is 9.14. The molecule has 0 spiro atoms. The van der Waals surface area contributed by atoms with E-state index in [1.54, 1.807) is 0 Å². The number of hydrogen-bond acceptors (Lipinski definition) is 3. The molecule has 0 aliphatic heterocycles. The van der Waals surface area contributed by atoms with Gasteiger partial charge in [-0.2, -0.15) is 5.10 Å². The van der Waals surface area contributed by atoms with E-state index in [9.17, 15) is 4.79 Å². The lowest BCUT2D eigenvalue weighted by Gasteiger charge is -2.03. The Morgan fingerprint density at radius 3 is 3.00 bits per heavy atom. The molecule has 0 bridgehead atoms. The summed E-state index contributed by atoms with van der Waals surface area (Å²) in [6.45, 7) is 0. The molecule has 0 radical (unpaired) electrons. The van der Waals surface area contributed by atoms with Gasteiger partial charge < -0.3 is 10.8 Å². The number of carboxylic acid groups (broad SMARTS) is 1. The first-order chi connectivity index (χ1) is 5.61. The molecule has 4 N–H and O–H groups in total. The third-order valence-corrected chi connectivity index (χ3v) is 1.75. The summed E-state index contributed by atoms with van der Waals surface area (Å²) in [7, 11) is 0. The number of hydrogen-bond donors (Lipinski definition) is 3. The standard InChI is InChI=1S/C6H8ClN3O2/c7-5-3(2-9-10-5)1-4(8)6(11)12/h2,4H,1,8H2,(H,9,10)(H,11,12). The van der Waals surface area contributed by atoms with Gasteiger partial charge in [0.2, 0.25) is 0 Å². The predicted molar refractivity (Wildman–Crippen MR) is 42.9 cm³/mol. The van der Waals surface area contributed by atoms with Crippen molar-refractivity contribution in [3.63, 3.8) is 0 Å². The summed E-state index contributed by atoms with van der Waals surface area (Å²) in [5.74, 6) is -1.05. The molecule has 0 fully saturated rings. The van der Waals surface area contributed by atoms with Crippen molar-refractivity contribution in [3.8, 4) is 0 Å². The molecule has 66 valence electrons. The maximum absolute atomic E-state index is 10.3. The number of aromatic amines is 1. The van der Waals surface area contributed by atoms with E-state index in [0.717, 1.165) is 0 Å². The van der Waals surface area contributed by atoms with E-state index in [0.29, 0.717) is 10.7 Å². The van der Waals surface area contributed by atoms with Gasteiger partial charge in [0, 0.05) is 12.0 Å². The van der Waals surface area contributed by atoms with Crippen molar-refractivity contribution in [1.82, 2.24) is 10.2 Å². The zero-order valence-corrected chi connectivity index (χ0v) is 6.88. The molecule has 6 heteroatoms. The van der Waals surface area contributed by atoms with Gasteiger partial charge in [-0.3, -0.25) is 9.89 Å². The van der Waals surface area contributed by atoms with Crippen molar-refractivity contribution < 1.29 is 9.90 Å². The van der Waals surface area contributed by atoms with Crippen LogP contribution in [-0.4, -0.2) is 27.3 Å². The van der Waals surface area contributed by atoms with Gasteiger partial charge in [0.15, 0.2) is 0 Å². The van der Waals surface area contributed by atoms with Gasteiger partial charge in [-0.15, -0.1) is 0 Å². The molecule has 0 aliphatic carbocycles. The largest absolute Gasteiger partial charge is 0.480 e. The normalized spacial score (nSPS) is 12.8. The number of nitrogens with two attached hydrogens (primary N) is 1. The van der Waals surface area contributed by atoms with Crippen LogP contribution in [0.4, 0.5) is 0 Å². The van der Waals surface area contributed by atoms with Crippen LogP contribution >= 0.6 is 11.6 Å². The summed E-state index contributed by atoms with van der Waals surface area (Å²) in [5.41, 5.74) is 5.89. The highest BCUT2D eigenvalue weighted by molar-refractivity contribution is 6.30. The van der Waals surface area contributed by atoms with E-state index in [2.05, 4.69) is 10.2 Å². The molecule has 1 atom stereocenters. The minimum atomic E-state index is -1.05. The molecule has 1 aromatic heterocycles. The van der Waals surface area contributed by atoms with Crippen LogP contribution in [0.25, 0.3) is 0 Å². The van der Waals surface area contributed by atoms with Crippen LogP contribution in [0.5, 0.6) is 0 Å². The van der Waals surface area contributed by atoms with Gasteiger partial charge in [0.05, 0.1) is 6.20 Å². The molecule has 0 saturated heterocycles. The fraction of sp³-hybridized carbons (Fsp3) is 0.333. The number of halogens is 1. The molecule has 1 rings (SSSR count). The molecular formula is C6H8ClN3O2. The van der Waals surface area contributed by atoms with E-state index in [-0.39, 0.29) is 6.42 Å². The van der Waals surface area contributed by atoms with E-state index in [4.69, 9.17) is 22.4 Å².